The molecule has 0 saturated heterocycles. The Hall–Kier alpha value is -2.40. The number of nitrogens with two attached hydrogens (primary N) is 1. The van der Waals surface area contributed by atoms with Gasteiger partial charge < -0.3 is 10.5 Å². The molecule has 110 valence electrons. The third kappa shape index (κ3) is 2.87. The van der Waals surface area contributed by atoms with Crippen LogP contribution in [0.4, 0.5) is 5.69 Å². The first-order valence-corrected chi connectivity index (χ1v) is 6.59. The van der Waals surface area contributed by atoms with E-state index in [-0.39, 0.29) is 10.6 Å². The smallest absolute Gasteiger partial charge is 0.272 e. The monoisotopic (exact) mass is 286 g/mol. The molecule has 1 unspecified atom stereocenters. The molecule has 0 aromatic heterocycles. The molecule has 0 saturated carbocycles. The Bertz CT molecular complexity index is 683. The molecule has 2 N–H and O–H groups in total. The van der Waals surface area contributed by atoms with Crippen LogP contribution < -0.4 is 10.5 Å². The predicted octanol–water partition coefficient (Wildman–Crippen LogP) is 3.27. The van der Waals surface area contributed by atoms with E-state index < -0.39 is 6.04 Å². The van der Waals surface area contributed by atoms with Crippen LogP contribution in [0.3, 0.4) is 0 Å². The Morgan fingerprint density at radius 3 is 2.52 bits per heavy atom. The number of hydrogen-bond donors (Lipinski definition) is 1. The van der Waals surface area contributed by atoms with Crippen LogP contribution in [0.25, 0.3) is 0 Å². The zero-order chi connectivity index (χ0) is 15.6. The SMILES string of the molecule is COc1ccccc1C(N)c1cc(C)c(C)c([N+](=O)[O-])c1. The van der Waals surface area contributed by atoms with Crippen LogP contribution >= 0.6 is 0 Å². The number of aryl methyl sites for hydroxylation is 1. The van der Waals surface area contributed by atoms with Crippen LogP contribution in [0.15, 0.2) is 36.4 Å². The number of rotatable bonds is 4. The Balaban J connectivity index is 2.53. The van der Waals surface area contributed by atoms with Crippen molar-refractivity contribution in [2.24, 2.45) is 5.73 Å². The lowest BCUT2D eigenvalue weighted by atomic mass is 9.94. The maximum absolute atomic E-state index is 11.1. The molecule has 2 rings (SSSR count). The molecule has 2 aromatic carbocycles. The third-order valence-electron chi connectivity index (χ3n) is 3.69. The summed E-state index contributed by atoms with van der Waals surface area (Å²) < 4.78 is 5.31. The van der Waals surface area contributed by atoms with Gasteiger partial charge in [-0.05, 0) is 31.0 Å². The molecule has 0 aliphatic rings. The summed E-state index contributed by atoms with van der Waals surface area (Å²) in [6, 6.07) is 10.4. The molecule has 0 aliphatic heterocycles. The second kappa shape index (κ2) is 5.93. The van der Waals surface area contributed by atoms with E-state index in [2.05, 4.69) is 0 Å². The molecular weight excluding hydrogens is 268 g/mol. The molecule has 1 atom stereocenters. The lowest BCUT2D eigenvalue weighted by molar-refractivity contribution is -0.385. The summed E-state index contributed by atoms with van der Waals surface area (Å²) >= 11 is 0. The second-order valence-corrected chi connectivity index (χ2v) is 4.96. The fourth-order valence-electron chi connectivity index (χ4n) is 2.34. The van der Waals surface area contributed by atoms with Gasteiger partial charge in [0.15, 0.2) is 0 Å². The first-order valence-electron chi connectivity index (χ1n) is 6.59. The van der Waals surface area contributed by atoms with Gasteiger partial charge in [0, 0.05) is 17.2 Å². The lowest BCUT2D eigenvalue weighted by Crippen LogP contribution is -2.14. The molecule has 2 aromatic rings. The van der Waals surface area contributed by atoms with Gasteiger partial charge in [-0.1, -0.05) is 24.3 Å². The topological polar surface area (TPSA) is 78.4 Å². The van der Waals surface area contributed by atoms with Crippen LogP contribution in [-0.2, 0) is 0 Å². The molecule has 5 heteroatoms. The van der Waals surface area contributed by atoms with Gasteiger partial charge in [-0.15, -0.1) is 0 Å². The summed E-state index contributed by atoms with van der Waals surface area (Å²) in [7, 11) is 1.58. The van der Waals surface area contributed by atoms with Crippen molar-refractivity contribution in [3.8, 4) is 5.75 Å². The van der Waals surface area contributed by atoms with Gasteiger partial charge in [0.05, 0.1) is 18.1 Å². The molecule has 0 radical (unpaired) electrons. The van der Waals surface area contributed by atoms with Crippen LogP contribution in [0.1, 0.15) is 28.3 Å². The molecule has 0 heterocycles. The standard InChI is InChI=1S/C16H18N2O3/c1-10-8-12(9-14(11(10)2)18(19)20)16(17)13-6-4-5-7-15(13)21-3/h4-9,16H,17H2,1-3H3. The maximum atomic E-state index is 11.1. The predicted molar refractivity (Wildman–Crippen MR) is 81.6 cm³/mol. The van der Waals surface area contributed by atoms with E-state index in [0.717, 1.165) is 11.1 Å². The van der Waals surface area contributed by atoms with Gasteiger partial charge in [-0.3, -0.25) is 10.1 Å². The van der Waals surface area contributed by atoms with Gasteiger partial charge in [0.1, 0.15) is 5.75 Å². The Labute approximate surface area is 123 Å². The zero-order valence-corrected chi connectivity index (χ0v) is 12.3. The largest absolute Gasteiger partial charge is 0.496 e. The summed E-state index contributed by atoms with van der Waals surface area (Å²) in [4.78, 5) is 10.8. The van der Waals surface area contributed by atoms with Crippen molar-refractivity contribution in [1.82, 2.24) is 0 Å². The Morgan fingerprint density at radius 2 is 1.90 bits per heavy atom. The van der Waals surface area contributed by atoms with Crippen molar-refractivity contribution in [3.05, 3.63) is 68.8 Å². The van der Waals surface area contributed by atoms with E-state index in [1.54, 1.807) is 20.1 Å². The van der Waals surface area contributed by atoms with Crippen molar-refractivity contribution in [2.45, 2.75) is 19.9 Å². The maximum Gasteiger partial charge on any atom is 0.272 e. The van der Waals surface area contributed by atoms with E-state index in [1.165, 1.54) is 0 Å². The van der Waals surface area contributed by atoms with Crippen molar-refractivity contribution in [1.29, 1.82) is 0 Å². The minimum Gasteiger partial charge on any atom is -0.496 e. The second-order valence-electron chi connectivity index (χ2n) is 4.96. The summed E-state index contributed by atoms with van der Waals surface area (Å²) in [5.74, 6) is 0.672. The molecule has 21 heavy (non-hydrogen) atoms. The minimum atomic E-state index is -0.473. The molecule has 0 spiro atoms. The van der Waals surface area contributed by atoms with E-state index in [0.29, 0.717) is 16.9 Å². The van der Waals surface area contributed by atoms with Crippen LogP contribution in [0.2, 0.25) is 0 Å². The summed E-state index contributed by atoms with van der Waals surface area (Å²) in [5, 5.41) is 11.1. The highest BCUT2D eigenvalue weighted by Gasteiger charge is 2.20. The van der Waals surface area contributed by atoms with E-state index in [1.807, 2.05) is 37.3 Å². The van der Waals surface area contributed by atoms with Crippen molar-refractivity contribution in [3.63, 3.8) is 0 Å². The van der Waals surface area contributed by atoms with E-state index in [9.17, 15) is 10.1 Å². The van der Waals surface area contributed by atoms with E-state index >= 15 is 0 Å². The molecule has 0 aliphatic carbocycles. The highest BCUT2D eigenvalue weighted by Crippen LogP contribution is 2.32. The molecule has 5 nitrogen and oxygen atoms in total. The van der Waals surface area contributed by atoms with Gasteiger partial charge >= 0.3 is 0 Å². The normalized spacial score (nSPS) is 12.0. The zero-order valence-electron chi connectivity index (χ0n) is 12.3. The van der Waals surface area contributed by atoms with Crippen molar-refractivity contribution < 1.29 is 9.66 Å². The molecular formula is C16H18N2O3. The van der Waals surface area contributed by atoms with Crippen molar-refractivity contribution in [2.75, 3.05) is 7.11 Å². The van der Waals surface area contributed by atoms with Crippen LogP contribution in [0, 0.1) is 24.0 Å². The number of nitro groups is 1. The number of hydrogen-bond acceptors (Lipinski definition) is 4. The highest BCUT2D eigenvalue weighted by atomic mass is 16.6. The van der Waals surface area contributed by atoms with Gasteiger partial charge in [0.2, 0.25) is 0 Å². The third-order valence-corrected chi connectivity index (χ3v) is 3.69. The lowest BCUT2D eigenvalue weighted by Gasteiger charge is -2.17. The summed E-state index contributed by atoms with van der Waals surface area (Å²) in [5.41, 5.74) is 9.39. The number of methoxy groups -OCH3 is 1. The number of para-hydroxylation sites is 1. The summed E-state index contributed by atoms with van der Waals surface area (Å²) in [6.45, 7) is 3.59. The van der Waals surface area contributed by atoms with Gasteiger partial charge in [-0.25, -0.2) is 0 Å². The first kappa shape index (κ1) is 15.0. The van der Waals surface area contributed by atoms with Crippen LogP contribution in [0.5, 0.6) is 5.75 Å². The average molecular weight is 286 g/mol. The van der Waals surface area contributed by atoms with Gasteiger partial charge in [-0.2, -0.15) is 0 Å². The highest BCUT2D eigenvalue weighted by molar-refractivity contribution is 5.51. The number of nitro benzene ring substituents is 1. The first-order chi connectivity index (χ1) is 9.95. The fourth-order valence-corrected chi connectivity index (χ4v) is 2.34. The van der Waals surface area contributed by atoms with Gasteiger partial charge in [0.25, 0.3) is 5.69 Å². The number of benzene rings is 2. The number of nitrogens with zero attached hydrogens (tertiary/aromatic N) is 1. The summed E-state index contributed by atoms with van der Waals surface area (Å²) in [6.07, 6.45) is 0. The number of ether oxygens (including phenoxy) is 1. The van der Waals surface area contributed by atoms with Crippen LogP contribution in [-0.4, -0.2) is 12.0 Å². The van der Waals surface area contributed by atoms with E-state index in [4.69, 9.17) is 10.5 Å². The Morgan fingerprint density at radius 1 is 1.24 bits per heavy atom. The quantitative estimate of drug-likeness (QED) is 0.691. The average Bonchev–Trinajstić information content (AvgIpc) is 2.48. The molecule has 0 fully saturated rings. The van der Waals surface area contributed by atoms with Crippen molar-refractivity contribution >= 4 is 5.69 Å². The fraction of sp³-hybridized carbons (Fsp3) is 0.250. The Kier molecular flexibility index (Phi) is 4.23. The molecule has 0 bridgehead atoms. The molecule has 0 amide bonds. The minimum absolute atomic E-state index is 0.0929.